The molecule has 5 heteroatoms. The molecule has 3 rings (SSSR count). The fourth-order valence-electron chi connectivity index (χ4n) is 2.30. The van der Waals surface area contributed by atoms with Crippen LogP contribution in [0.1, 0.15) is 27.2 Å². The van der Waals surface area contributed by atoms with E-state index in [0.717, 1.165) is 16.8 Å². The van der Waals surface area contributed by atoms with Crippen molar-refractivity contribution < 1.29 is 9.53 Å². The van der Waals surface area contributed by atoms with Gasteiger partial charge >= 0.3 is 0 Å². The molecule has 1 aromatic carbocycles. The van der Waals surface area contributed by atoms with E-state index in [-0.39, 0.29) is 5.91 Å². The fraction of sp³-hybridized carbons (Fsp3) is 0.150. The number of amides is 1. The van der Waals surface area contributed by atoms with Crippen LogP contribution in [0, 0.1) is 6.92 Å². The molecule has 0 unspecified atom stereocenters. The van der Waals surface area contributed by atoms with Gasteiger partial charge in [-0.05, 0) is 48.4 Å². The van der Waals surface area contributed by atoms with Crippen LogP contribution in [0.15, 0.2) is 67.1 Å². The molecule has 0 spiro atoms. The SMILES string of the molecule is Cc1ccc(OCc2cccc(C(=O)NCc3cccnc3)c2)cn1. The van der Waals surface area contributed by atoms with Crippen LogP contribution in [0.4, 0.5) is 0 Å². The van der Waals surface area contributed by atoms with Crippen LogP contribution in [-0.2, 0) is 13.2 Å². The number of nitrogens with zero attached hydrogens (tertiary/aromatic N) is 2. The van der Waals surface area contributed by atoms with E-state index in [0.29, 0.717) is 24.5 Å². The summed E-state index contributed by atoms with van der Waals surface area (Å²) in [6.07, 6.45) is 5.14. The number of nitrogens with one attached hydrogen (secondary N) is 1. The second-order valence-corrected chi connectivity index (χ2v) is 5.67. The first kappa shape index (κ1) is 16.6. The standard InChI is InChI=1S/C20H19N3O2/c1-15-7-8-19(13-22-15)25-14-16-4-2-6-18(10-16)20(24)23-12-17-5-3-9-21-11-17/h2-11,13H,12,14H2,1H3,(H,23,24). The van der Waals surface area contributed by atoms with Crippen LogP contribution in [0.5, 0.6) is 5.75 Å². The highest BCUT2D eigenvalue weighted by atomic mass is 16.5. The molecule has 1 amide bonds. The smallest absolute Gasteiger partial charge is 0.251 e. The molecule has 0 atom stereocenters. The number of hydrogen-bond acceptors (Lipinski definition) is 4. The molecule has 5 nitrogen and oxygen atoms in total. The zero-order valence-electron chi connectivity index (χ0n) is 14.0. The van der Waals surface area contributed by atoms with Crippen LogP contribution in [0.2, 0.25) is 0 Å². The first-order chi connectivity index (χ1) is 12.2. The Hall–Kier alpha value is -3.21. The van der Waals surface area contributed by atoms with Crippen LogP contribution in [0.3, 0.4) is 0 Å². The fourth-order valence-corrected chi connectivity index (χ4v) is 2.30. The van der Waals surface area contributed by atoms with Crippen molar-refractivity contribution in [3.05, 3.63) is 89.5 Å². The molecular formula is C20H19N3O2. The molecule has 0 saturated carbocycles. The predicted molar refractivity (Wildman–Crippen MR) is 95.2 cm³/mol. The van der Waals surface area contributed by atoms with Gasteiger partial charge in [0.2, 0.25) is 0 Å². The highest BCUT2D eigenvalue weighted by molar-refractivity contribution is 5.94. The van der Waals surface area contributed by atoms with Gasteiger partial charge in [0.25, 0.3) is 5.91 Å². The number of hydrogen-bond donors (Lipinski definition) is 1. The van der Waals surface area contributed by atoms with E-state index in [9.17, 15) is 4.79 Å². The third-order valence-electron chi connectivity index (χ3n) is 3.65. The van der Waals surface area contributed by atoms with Crippen LogP contribution >= 0.6 is 0 Å². The minimum Gasteiger partial charge on any atom is -0.487 e. The topological polar surface area (TPSA) is 64.1 Å². The lowest BCUT2D eigenvalue weighted by atomic mass is 10.1. The molecule has 25 heavy (non-hydrogen) atoms. The molecule has 2 heterocycles. The second kappa shape index (κ2) is 8.06. The second-order valence-electron chi connectivity index (χ2n) is 5.67. The first-order valence-electron chi connectivity index (χ1n) is 8.02. The molecule has 0 fully saturated rings. The lowest BCUT2D eigenvalue weighted by Gasteiger charge is -2.09. The Bertz CT molecular complexity index is 833. The number of aryl methyl sites for hydroxylation is 1. The van der Waals surface area contributed by atoms with Crippen molar-refractivity contribution in [2.75, 3.05) is 0 Å². The minimum absolute atomic E-state index is 0.122. The average Bonchev–Trinajstić information content (AvgIpc) is 2.67. The van der Waals surface area contributed by atoms with Gasteiger partial charge in [0.15, 0.2) is 0 Å². The third-order valence-corrected chi connectivity index (χ3v) is 3.65. The Morgan fingerprint density at radius 2 is 1.96 bits per heavy atom. The Balaban J connectivity index is 1.58. The van der Waals surface area contributed by atoms with E-state index < -0.39 is 0 Å². The first-order valence-corrected chi connectivity index (χ1v) is 8.02. The maximum Gasteiger partial charge on any atom is 0.251 e. The molecule has 3 aromatic rings. The van der Waals surface area contributed by atoms with E-state index in [1.807, 2.05) is 49.4 Å². The molecule has 0 radical (unpaired) electrons. The van der Waals surface area contributed by atoms with Gasteiger partial charge in [-0.15, -0.1) is 0 Å². The van der Waals surface area contributed by atoms with E-state index in [4.69, 9.17) is 4.74 Å². The van der Waals surface area contributed by atoms with Gasteiger partial charge < -0.3 is 10.1 Å². The minimum atomic E-state index is -0.122. The summed E-state index contributed by atoms with van der Waals surface area (Å²) >= 11 is 0. The molecule has 126 valence electrons. The molecule has 2 aromatic heterocycles. The van der Waals surface area contributed by atoms with Crippen LogP contribution in [-0.4, -0.2) is 15.9 Å². The number of rotatable bonds is 6. The molecular weight excluding hydrogens is 314 g/mol. The zero-order chi connectivity index (χ0) is 17.5. The van der Waals surface area contributed by atoms with Gasteiger partial charge in [-0.25, -0.2) is 0 Å². The van der Waals surface area contributed by atoms with Crippen LogP contribution < -0.4 is 10.1 Å². The number of carbonyl (C=O) groups is 1. The predicted octanol–water partition coefficient (Wildman–Crippen LogP) is 3.29. The summed E-state index contributed by atoms with van der Waals surface area (Å²) in [6, 6.07) is 15.0. The quantitative estimate of drug-likeness (QED) is 0.752. The Labute approximate surface area is 146 Å². The lowest BCUT2D eigenvalue weighted by molar-refractivity contribution is 0.0950. The Kier molecular flexibility index (Phi) is 5.36. The summed E-state index contributed by atoms with van der Waals surface area (Å²) in [5, 5.41) is 2.89. The average molecular weight is 333 g/mol. The summed E-state index contributed by atoms with van der Waals surface area (Å²) in [7, 11) is 0. The van der Waals surface area contributed by atoms with Crippen LogP contribution in [0.25, 0.3) is 0 Å². The van der Waals surface area contributed by atoms with Gasteiger partial charge in [-0.3, -0.25) is 14.8 Å². The third kappa shape index (κ3) is 4.88. The highest BCUT2D eigenvalue weighted by Crippen LogP contribution is 2.13. The largest absolute Gasteiger partial charge is 0.487 e. The Morgan fingerprint density at radius 3 is 2.72 bits per heavy atom. The summed E-state index contributed by atoms with van der Waals surface area (Å²) in [5.74, 6) is 0.583. The van der Waals surface area contributed by atoms with E-state index in [1.165, 1.54) is 0 Å². The van der Waals surface area contributed by atoms with Crippen molar-refractivity contribution in [2.45, 2.75) is 20.1 Å². The van der Waals surface area contributed by atoms with Crippen molar-refractivity contribution in [2.24, 2.45) is 0 Å². The molecule has 0 aliphatic rings. The van der Waals surface area contributed by atoms with Gasteiger partial charge in [0.1, 0.15) is 12.4 Å². The van der Waals surface area contributed by atoms with E-state index >= 15 is 0 Å². The van der Waals surface area contributed by atoms with E-state index in [2.05, 4.69) is 15.3 Å². The molecule has 1 N–H and O–H groups in total. The van der Waals surface area contributed by atoms with E-state index in [1.54, 1.807) is 24.7 Å². The Morgan fingerprint density at radius 1 is 1.08 bits per heavy atom. The lowest BCUT2D eigenvalue weighted by Crippen LogP contribution is -2.23. The normalized spacial score (nSPS) is 10.3. The number of benzene rings is 1. The monoisotopic (exact) mass is 333 g/mol. The van der Waals surface area contributed by atoms with Gasteiger partial charge in [-0.2, -0.15) is 0 Å². The maximum atomic E-state index is 12.3. The summed E-state index contributed by atoms with van der Waals surface area (Å²) in [5.41, 5.74) is 3.43. The number of carbonyl (C=O) groups excluding carboxylic acids is 1. The molecule has 0 aliphatic heterocycles. The summed E-state index contributed by atoms with van der Waals surface area (Å²) in [6.45, 7) is 2.76. The van der Waals surface area contributed by atoms with Crippen molar-refractivity contribution in [1.29, 1.82) is 0 Å². The van der Waals surface area contributed by atoms with Crippen molar-refractivity contribution in [1.82, 2.24) is 15.3 Å². The van der Waals surface area contributed by atoms with Gasteiger partial charge in [0.05, 0.1) is 6.20 Å². The summed E-state index contributed by atoms with van der Waals surface area (Å²) < 4.78 is 5.71. The van der Waals surface area contributed by atoms with Gasteiger partial charge in [-0.1, -0.05) is 18.2 Å². The number of pyridine rings is 2. The van der Waals surface area contributed by atoms with Gasteiger partial charge in [0, 0.05) is 30.2 Å². The summed E-state index contributed by atoms with van der Waals surface area (Å²) in [4.78, 5) is 20.5. The molecule has 0 saturated heterocycles. The van der Waals surface area contributed by atoms with Crippen molar-refractivity contribution in [3.63, 3.8) is 0 Å². The zero-order valence-corrected chi connectivity index (χ0v) is 14.0. The van der Waals surface area contributed by atoms with Crippen molar-refractivity contribution in [3.8, 4) is 5.75 Å². The number of ether oxygens (including phenoxy) is 1. The van der Waals surface area contributed by atoms with Crippen molar-refractivity contribution >= 4 is 5.91 Å². The number of aromatic nitrogens is 2. The highest BCUT2D eigenvalue weighted by Gasteiger charge is 2.06. The maximum absolute atomic E-state index is 12.3. The molecule has 0 bridgehead atoms. The molecule has 0 aliphatic carbocycles.